The van der Waals surface area contributed by atoms with Gasteiger partial charge in [0.05, 0.1) is 6.10 Å². The van der Waals surface area contributed by atoms with Gasteiger partial charge in [0.2, 0.25) is 5.91 Å². The zero-order valence-electron chi connectivity index (χ0n) is 9.74. The van der Waals surface area contributed by atoms with Crippen molar-refractivity contribution in [3.05, 3.63) is 0 Å². The zero-order valence-corrected chi connectivity index (χ0v) is 9.74. The van der Waals surface area contributed by atoms with E-state index in [0.29, 0.717) is 0 Å². The molecule has 1 aliphatic carbocycles. The van der Waals surface area contributed by atoms with E-state index in [1.54, 1.807) is 0 Å². The van der Waals surface area contributed by atoms with Gasteiger partial charge in [-0.25, -0.2) is 0 Å². The first-order valence-electron chi connectivity index (χ1n) is 6.06. The molecule has 2 atom stereocenters. The number of carbonyl (C=O) groups is 1. The van der Waals surface area contributed by atoms with Crippen LogP contribution < -0.4 is 0 Å². The maximum absolute atomic E-state index is 11.8. The highest BCUT2D eigenvalue weighted by Crippen LogP contribution is 2.37. The molecule has 1 amide bonds. The summed E-state index contributed by atoms with van der Waals surface area (Å²) in [6.45, 7) is 6.14. The van der Waals surface area contributed by atoms with Crippen molar-refractivity contribution in [2.24, 2.45) is 11.8 Å². The van der Waals surface area contributed by atoms with Gasteiger partial charge in [0.25, 0.3) is 0 Å². The summed E-state index contributed by atoms with van der Waals surface area (Å²) in [7, 11) is 0. The molecule has 1 saturated heterocycles. The molecule has 1 heterocycles. The summed E-state index contributed by atoms with van der Waals surface area (Å²) in [4.78, 5) is 13.8. The first kappa shape index (κ1) is 10.9. The Morgan fingerprint density at radius 1 is 1.33 bits per heavy atom. The highest BCUT2D eigenvalue weighted by Gasteiger charge is 2.37. The van der Waals surface area contributed by atoms with E-state index in [-0.39, 0.29) is 18.6 Å². The second kappa shape index (κ2) is 4.52. The lowest BCUT2D eigenvalue weighted by molar-refractivity contribution is -0.136. The van der Waals surface area contributed by atoms with Gasteiger partial charge in [-0.1, -0.05) is 6.42 Å². The molecule has 15 heavy (non-hydrogen) atoms. The van der Waals surface area contributed by atoms with E-state index in [9.17, 15) is 4.79 Å². The number of nitrogens with zero attached hydrogens (tertiary/aromatic N) is 1. The third kappa shape index (κ3) is 2.51. The van der Waals surface area contributed by atoms with E-state index in [1.165, 1.54) is 19.3 Å². The normalized spacial score (nSPS) is 29.9. The minimum atomic E-state index is 0.149. The summed E-state index contributed by atoms with van der Waals surface area (Å²) in [6, 6.07) is 0. The molecule has 2 rings (SSSR count). The number of amides is 1. The average Bonchev–Trinajstić information content (AvgIpc) is 2.72. The molecule has 0 aromatic carbocycles. The van der Waals surface area contributed by atoms with Crippen LogP contribution in [0.3, 0.4) is 0 Å². The van der Waals surface area contributed by atoms with Crippen LogP contribution in [0.15, 0.2) is 0 Å². The van der Waals surface area contributed by atoms with Crippen LogP contribution in [0.5, 0.6) is 0 Å². The summed E-state index contributed by atoms with van der Waals surface area (Å²) in [5.74, 6) is 1.75. The molecule has 1 saturated carbocycles. The fraction of sp³-hybridized carbons (Fsp3) is 0.917. The number of hydrogen-bond donors (Lipinski definition) is 0. The Balaban J connectivity index is 1.78. The van der Waals surface area contributed by atoms with Crippen LogP contribution in [0, 0.1) is 11.8 Å². The third-order valence-corrected chi connectivity index (χ3v) is 3.62. The fourth-order valence-electron chi connectivity index (χ4n) is 2.77. The summed E-state index contributed by atoms with van der Waals surface area (Å²) < 4.78 is 5.35. The number of rotatable bonds is 3. The van der Waals surface area contributed by atoms with Crippen LogP contribution >= 0.6 is 0 Å². The molecule has 0 spiro atoms. The molecule has 0 aromatic heterocycles. The van der Waals surface area contributed by atoms with E-state index >= 15 is 0 Å². The number of ether oxygens (including phenoxy) is 1. The van der Waals surface area contributed by atoms with Crippen molar-refractivity contribution in [1.29, 1.82) is 0 Å². The second-order valence-electron chi connectivity index (χ2n) is 5.11. The maximum atomic E-state index is 11.8. The number of fused-ring (bicyclic) bond motifs is 1. The Hall–Kier alpha value is -0.570. The monoisotopic (exact) mass is 211 g/mol. The smallest absolute Gasteiger partial charge is 0.248 e. The van der Waals surface area contributed by atoms with Gasteiger partial charge < -0.3 is 9.64 Å². The quantitative estimate of drug-likeness (QED) is 0.710. The minimum Gasteiger partial charge on any atom is -0.369 e. The van der Waals surface area contributed by atoms with E-state index in [0.717, 1.165) is 24.9 Å². The molecule has 2 aliphatic rings. The van der Waals surface area contributed by atoms with Gasteiger partial charge in [0, 0.05) is 13.1 Å². The number of likely N-dealkylation sites (tertiary alicyclic amines) is 1. The fourth-order valence-corrected chi connectivity index (χ4v) is 2.77. The molecule has 86 valence electrons. The van der Waals surface area contributed by atoms with Crippen LogP contribution in [0.4, 0.5) is 0 Å². The van der Waals surface area contributed by atoms with Crippen LogP contribution in [0.2, 0.25) is 0 Å². The highest BCUT2D eigenvalue weighted by atomic mass is 16.5. The van der Waals surface area contributed by atoms with Crippen molar-refractivity contribution in [2.45, 2.75) is 39.2 Å². The minimum absolute atomic E-state index is 0.149. The van der Waals surface area contributed by atoms with E-state index < -0.39 is 0 Å². The predicted molar refractivity (Wildman–Crippen MR) is 58.5 cm³/mol. The Morgan fingerprint density at radius 3 is 2.47 bits per heavy atom. The van der Waals surface area contributed by atoms with Gasteiger partial charge in [-0.3, -0.25) is 4.79 Å². The summed E-state index contributed by atoms with van der Waals surface area (Å²) in [5, 5.41) is 0. The number of carbonyl (C=O) groups excluding carboxylic acids is 1. The van der Waals surface area contributed by atoms with Gasteiger partial charge in [0.15, 0.2) is 0 Å². The van der Waals surface area contributed by atoms with Gasteiger partial charge in [-0.15, -0.1) is 0 Å². The lowest BCUT2D eigenvalue weighted by Crippen LogP contribution is -2.33. The molecule has 3 heteroatoms. The first-order valence-corrected chi connectivity index (χ1v) is 6.06. The lowest BCUT2D eigenvalue weighted by atomic mass is 10.0. The van der Waals surface area contributed by atoms with Gasteiger partial charge in [0.1, 0.15) is 6.61 Å². The van der Waals surface area contributed by atoms with Crippen molar-refractivity contribution >= 4 is 5.91 Å². The molecule has 3 nitrogen and oxygen atoms in total. The largest absolute Gasteiger partial charge is 0.369 e. The SMILES string of the molecule is CC(C)OCC(=O)N1CC2CCCC2C1. The van der Waals surface area contributed by atoms with E-state index in [2.05, 4.69) is 0 Å². The lowest BCUT2D eigenvalue weighted by Gasteiger charge is -2.18. The summed E-state index contributed by atoms with van der Waals surface area (Å²) in [6.07, 6.45) is 4.15. The highest BCUT2D eigenvalue weighted by molar-refractivity contribution is 5.77. The third-order valence-electron chi connectivity index (χ3n) is 3.62. The van der Waals surface area contributed by atoms with Gasteiger partial charge in [-0.05, 0) is 38.5 Å². The standard InChI is InChI=1S/C12H21NO2/c1-9(2)15-8-12(14)13-6-10-4-3-5-11(10)7-13/h9-11H,3-8H2,1-2H3. The maximum Gasteiger partial charge on any atom is 0.248 e. The van der Waals surface area contributed by atoms with Crippen molar-refractivity contribution in [3.8, 4) is 0 Å². The molecular formula is C12H21NO2. The van der Waals surface area contributed by atoms with E-state index in [4.69, 9.17) is 4.74 Å². The van der Waals surface area contributed by atoms with Crippen molar-refractivity contribution in [3.63, 3.8) is 0 Å². The van der Waals surface area contributed by atoms with Gasteiger partial charge >= 0.3 is 0 Å². The zero-order chi connectivity index (χ0) is 10.8. The summed E-state index contributed by atoms with van der Waals surface area (Å²) >= 11 is 0. The van der Waals surface area contributed by atoms with Crippen LogP contribution in [0.25, 0.3) is 0 Å². The summed E-state index contributed by atoms with van der Waals surface area (Å²) in [5.41, 5.74) is 0. The average molecular weight is 211 g/mol. The molecule has 0 radical (unpaired) electrons. The van der Waals surface area contributed by atoms with Crippen LogP contribution in [-0.2, 0) is 9.53 Å². The second-order valence-corrected chi connectivity index (χ2v) is 5.11. The van der Waals surface area contributed by atoms with Crippen molar-refractivity contribution < 1.29 is 9.53 Å². The van der Waals surface area contributed by atoms with E-state index in [1.807, 2.05) is 18.7 Å². The number of hydrogen-bond acceptors (Lipinski definition) is 2. The molecular weight excluding hydrogens is 190 g/mol. The molecule has 1 aliphatic heterocycles. The molecule has 0 aromatic rings. The van der Waals surface area contributed by atoms with Crippen LogP contribution in [0.1, 0.15) is 33.1 Å². The Kier molecular flexibility index (Phi) is 3.29. The molecule has 2 fully saturated rings. The van der Waals surface area contributed by atoms with Crippen molar-refractivity contribution in [1.82, 2.24) is 4.90 Å². The van der Waals surface area contributed by atoms with Crippen molar-refractivity contribution in [2.75, 3.05) is 19.7 Å². The topological polar surface area (TPSA) is 29.5 Å². The first-order chi connectivity index (χ1) is 7.16. The molecule has 0 bridgehead atoms. The van der Waals surface area contributed by atoms with Gasteiger partial charge in [-0.2, -0.15) is 0 Å². The Morgan fingerprint density at radius 2 is 1.93 bits per heavy atom. The Bertz CT molecular complexity index is 228. The molecule has 2 unspecified atom stereocenters. The van der Waals surface area contributed by atoms with Crippen LogP contribution in [-0.4, -0.2) is 36.6 Å². The Labute approximate surface area is 91.8 Å². The predicted octanol–water partition coefficient (Wildman–Crippen LogP) is 1.67. The molecule has 0 N–H and O–H groups in total.